The van der Waals surface area contributed by atoms with Crippen LogP contribution in [0, 0.1) is 0 Å². The maximum atomic E-state index is 10.2. The van der Waals surface area contributed by atoms with Crippen molar-refractivity contribution in [2.45, 2.75) is 71.1 Å². The van der Waals surface area contributed by atoms with Gasteiger partial charge in [-0.2, -0.15) is 0 Å². The molecular weight excluding hydrogens is 385 g/mol. The zero-order valence-electron chi connectivity index (χ0n) is 9.87. The first-order chi connectivity index (χ1) is 6.77. The molecule has 15 heavy (non-hydrogen) atoms. The van der Waals surface area contributed by atoms with E-state index in [0.717, 1.165) is 12.8 Å². The Hall–Kier alpha value is 0.353. The van der Waals surface area contributed by atoms with E-state index in [1.807, 2.05) is 0 Å². The normalized spacial score (nSPS) is 9.67. The van der Waals surface area contributed by atoms with Crippen LogP contribution in [0.2, 0.25) is 0 Å². The summed E-state index contributed by atoms with van der Waals surface area (Å²) >= 11 is 0. The van der Waals surface area contributed by atoms with Crippen molar-refractivity contribution >= 4 is 32.2 Å². The van der Waals surface area contributed by atoms with E-state index in [4.69, 9.17) is 5.11 Å². The van der Waals surface area contributed by atoms with Crippen LogP contribution in [-0.2, 0) is 4.79 Å². The van der Waals surface area contributed by atoms with E-state index in [1.165, 1.54) is 44.9 Å². The average molecular weight is 409 g/mol. The SMILES string of the molecule is CCCCCCCCCCCC(=O)O.[Bi]. The summed E-state index contributed by atoms with van der Waals surface area (Å²) in [6.45, 7) is 2.23. The van der Waals surface area contributed by atoms with Gasteiger partial charge in [-0.15, -0.1) is 0 Å². The first kappa shape index (κ1) is 17.7. The van der Waals surface area contributed by atoms with E-state index in [2.05, 4.69) is 6.92 Å². The minimum Gasteiger partial charge on any atom is -0.481 e. The van der Waals surface area contributed by atoms with Gasteiger partial charge in [0.15, 0.2) is 0 Å². The molecule has 0 amide bonds. The van der Waals surface area contributed by atoms with Crippen LogP contribution in [0.4, 0.5) is 0 Å². The molecule has 0 fully saturated rings. The van der Waals surface area contributed by atoms with Gasteiger partial charge in [-0.05, 0) is 6.42 Å². The predicted octanol–water partition coefficient (Wildman–Crippen LogP) is 3.61. The van der Waals surface area contributed by atoms with E-state index in [0.29, 0.717) is 6.42 Å². The molecule has 2 nitrogen and oxygen atoms in total. The summed E-state index contributed by atoms with van der Waals surface area (Å²) in [5.74, 6) is -0.659. The minimum absolute atomic E-state index is 0. The molecule has 89 valence electrons. The molecular formula is C12H24BiO2. The molecule has 0 heterocycles. The van der Waals surface area contributed by atoms with Crippen LogP contribution in [0.5, 0.6) is 0 Å². The van der Waals surface area contributed by atoms with Crippen LogP contribution >= 0.6 is 0 Å². The topological polar surface area (TPSA) is 37.3 Å². The molecule has 0 aliphatic carbocycles. The molecule has 0 aromatic carbocycles. The zero-order chi connectivity index (χ0) is 10.6. The van der Waals surface area contributed by atoms with Crippen molar-refractivity contribution in [1.29, 1.82) is 0 Å². The van der Waals surface area contributed by atoms with Gasteiger partial charge in [0.2, 0.25) is 0 Å². The summed E-state index contributed by atoms with van der Waals surface area (Å²) in [5.41, 5.74) is 0. The van der Waals surface area contributed by atoms with Crippen molar-refractivity contribution in [1.82, 2.24) is 0 Å². The number of carboxylic acids is 1. The molecule has 0 aliphatic heterocycles. The average Bonchev–Trinajstić information content (AvgIpc) is 2.15. The number of carbonyl (C=O) groups is 1. The molecule has 0 aliphatic rings. The van der Waals surface area contributed by atoms with Crippen molar-refractivity contribution in [2.75, 3.05) is 0 Å². The van der Waals surface area contributed by atoms with Crippen LogP contribution in [0.3, 0.4) is 0 Å². The van der Waals surface area contributed by atoms with E-state index in [1.54, 1.807) is 0 Å². The third kappa shape index (κ3) is 17.0. The summed E-state index contributed by atoms with van der Waals surface area (Å²) in [7, 11) is 0. The van der Waals surface area contributed by atoms with Crippen molar-refractivity contribution in [3.05, 3.63) is 0 Å². The smallest absolute Gasteiger partial charge is 0.303 e. The number of unbranched alkanes of at least 4 members (excludes halogenated alkanes) is 8. The first-order valence-corrected chi connectivity index (χ1v) is 5.99. The molecule has 3 heteroatoms. The Morgan fingerprint density at radius 2 is 1.27 bits per heavy atom. The van der Waals surface area contributed by atoms with Crippen LogP contribution in [0.1, 0.15) is 71.1 Å². The molecule has 0 bridgehead atoms. The minimum atomic E-state index is -0.659. The Labute approximate surface area is 113 Å². The maximum absolute atomic E-state index is 10.2. The molecule has 0 aromatic heterocycles. The predicted molar refractivity (Wildman–Crippen MR) is 65.2 cm³/mol. The van der Waals surface area contributed by atoms with Crippen molar-refractivity contribution in [3.8, 4) is 0 Å². The van der Waals surface area contributed by atoms with Crippen LogP contribution < -0.4 is 0 Å². The second kappa shape index (κ2) is 14.4. The maximum Gasteiger partial charge on any atom is 0.303 e. The Morgan fingerprint density at radius 1 is 0.867 bits per heavy atom. The van der Waals surface area contributed by atoms with Gasteiger partial charge in [0, 0.05) is 32.6 Å². The number of hydrogen-bond acceptors (Lipinski definition) is 1. The van der Waals surface area contributed by atoms with E-state index >= 15 is 0 Å². The zero-order valence-corrected chi connectivity index (χ0v) is 13.4. The summed E-state index contributed by atoms with van der Waals surface area (Å²) in [6.07, 6.45) is 11.5. The molecule has 0 spiro atoms. The fraction of sp³-hybridized carbons (Fsp3) is 0.917. The van der Waals surface area contributed by atoms with E-state index in [-0.39, 0.29) is 26.2 Å². The Morgan fingerprint density at radius 3 is 1.67 bits per heavy atom. The van der Waals surface area contributed by atoms with Crippen LogP contribution in [0.15, 0.2) is 0 Å². The van der Waals surface area contributed by atoms with Crippen LogP contribution in [0.25, 0.3) is 0 Å². The second-order valence-electron chi connectivity index (χ2n) is 3.97. The quantitative estimate of drug-likeness (QED) is 0.442. The molecule has 3 radical (unpaired) electrons. The van der Waals surface area contributed by atoms with Gasteiger partial charge in [-0.1, -0.05) is 58.3 Å². The van der Waals surface area contributed by atoms with Gasteiger partial charge in [-0.25, -0.2) is 0 Å². The molecule has 0 unspecified atom stereocenters. The molecule has 0 saturated carbocycles. The van der Waals surface area contributed by atoms with Gasteiger partial charge < -0.3 is 5.11 Å². The Balaban J connectivity index is 0. The van der Waals surface area contributed by atoms with Crippen molar-refractivity contribution in [3.63, 3.8) is 0 Å². The number of aliphatic carboxylic acids is 1. The van der Waals surface area contributed by atoms with E-state index in [9.17, 15) is 4.79 Å². The summed E-state index contributed by atoms with van der Waals surface area (Å²) < 4.78 is 0. The summed E-state index contributed by atoms with van der Waals surface area (Å²) in [6, 6.07) is 0. The van der Waals surface area contributed by atoms with Crippen molar-refractivity contribution in [2.24, 2.45) is 0 Å². The van der Waals surface area contributed by atoms with Gasteiger partial charge in [0.05, 0.1) is 0 Å². The first-order valence-electron chi connectivity index (χ1n) is 5.99. The van der Waals surface area contributed by atoms with Gasteiger partial charge in [0.25, 0.3) is 0 Å². The fourth-order valence-electron chi connectivity index (χ4n) is 1.59. The van der Waals surface area contributed by atoms with Crippen molar-refractivity contribution < 1.29 is 9.90 Å². The molecule has 0 aromatic rings. The summed E-state index contributed by atoms with van der Waals surface area (Å²) in [5, 5.41) is 8.41. The van der Waals surface area contributed by atoms with Gasteiger partial charge >= 0.3 is 5.97 Å². The van der Waals surface area contributed by atoms with E-state index < -0.39 is 5.97 Å². The molecule has 0 saturated heterocycles. The monoisotopic (exact) mass is 409 g/mol. The molecule has 0 atom stereocenters. The van der Waals surface area contributed by atoms with Gasteiger partial charge in [-0.3, -0.25) is 4.79 Å². The summed E-state index contributed by atoms with van der Waals surface area (Å²) in [4.78, 5) is 10.2. The Bertz CT molecular complexity index is 138. The number of rotatable bonds is 10. The molecule has 0 rings (SSSR count). The van der Waals surface area contributed by atoms with Crippen LogP contribution in [-0.4, -0.2) is 37.3 Å². The number of hydrogen-bond donors (Lipinski definition) is 1. The second-order valence-corrected chi connectivity index (χ2v) is 3.97. The fourth-order valence-corrected chi connectivity index (χ4v) is 1.59. The third-order valence-electron chi connectivity index (χ3n) is 2.49. The van der Waals surface area contributed by atoms with Gasteiger partial charge in [0.1, 0.15) is 0 Å². The largest absolute Gasteiger partial charge is 0.481 e. The standard InChI is InChI=1S/C12H24O2.Bi/c1-2-3-4-5-6-7-8-9-10-11-12(13)14;/h2-11H2,1H3,(H,13,14);. The molecule has 1 N–H and O–H groups in total. The number of carboxylic acid groups (broad SMARTS) is 1. The Kier molecular flexibility index (Phi) is 17.0. The third-order valence-corrected chi connectivity index (χ3v) is 2.49.